The van der Waals surface area contributed by atoms with E-state index in [9.17, 15) is 14.0 Å². The fourth-order valence-electron chi connectivity index (χ4n) is 5.71. The number of benzene rings is 1. The van der Waals surface area contributed by atoms with Crippen LogP contribution in [0.15, 0.2) is 28.9 Å². The molecule has 1 aromatic heterocycles. The molecule has 1 amide bonds. The largest absolute Gasteiger partial charge is 0.469 e. The number of rotatable bonds is 12. The van der Waals surface area contributed by atoms with Crippen LogP contribution in [0.2, 0.25) is 0 Å². The lowest BCUT2D eigenvalue weighted by atomic mass is 9.86. The van der Waals surface area contributed by atoms with Crippen LogP contribution in [-0.4, -0.2) is 42.0 Å². The van der Waals surface area contributed by atoms with Gasteiger partial charge in [0.2, 0.25) is 5.89 Å². The number of hydrogen-bond donors (Lipinski definition) is 1. The highest BCUT2D eigenvalue weighted by Gasteiger charge is 2.31. The maximum atomic E-state index is 14.1. The van der Waals surface area contributed by atoms with Crippen molar-refractivity contribution in [1.29, 1.82) is 0 Å². The number of esters is 1. The molecule has 1 N–H and O–H groups in total. The molecule has 1 aliphatic carbocycles. The standard InChI is InChI=1S/C29H40FN3O4/c1-36-27(34)15-13-22-12-14-24(30)18-23(22)19-33-17-7-11-26(33)29-32-25(20-37-29)28(35)31-16-6-5-10-21-8-3-2-4-9-21/h12,14,18,20-21,26H,2-11,13,15-17,19H2,1H3,(H,31,35). The molecule has 2 heterocycles. The van der Waals surface area contributed by atoms with Gasteiger partial charge in [-0.1, -0.05) is 51.0 Å². The van der Waals surface area contributed by atoms with Gasteiger partial charge in [-0.15, -0.1) is 0 Å². The van der Waals surface area contributed by atoms with Crippen LogP contribution in [-0.2, 0) is 22.5 Å². The Morgan fingerprint density at radius 2 is 1.97 bits per heavy atom. The van der Waals surface area contributed by atoms with Crippen molar-refractivity contribution in [3.63, 3.8) is 0 Å². The molecule has 1 saturated heterocycles. The van der Waals surface area contributed by atoms with E-state index in [1.807, 2.05) is 0 Å². The lowest BCUT2D eigenvalue weighted by molar-refractivity contribution is -0.140. The van der Waals surface area contributed by atoms with Gasteiger partial charge >= 0.3 is 5.97 Å². The van der Waals surface area contributed by atoms with Gasteiger partial charge in [0, 0.05) is 19.5 Å². The zero-order valence-electron chi connectivity index (χ0n) is 22.0. The zero-order valence-corrected chi connectivity index (χ0v) is 22.0. The number of ether oxygens (including phenoxy) is 1. The third-order valence-electron chi connectivity index (χ3n) is 7.82. The lowest BCUT2D eigenvalue weighted by Crippen LogP contribution is -2.26. The van der Waals surface area contributed by atoms with Gasteiger partial charge in [-0.05, 0) is 61.4 Å². The van der Waals surface area contributed by atoms with Gasteiger partial charge in [0.15, 0.2) is 5.69 Å². The molecular weight excluding hydrogens is 473 g/mol. The first-order valence-corrected chi connectivity index (χ1v) is 13.8. The second-order valence-electron chi connectivity index (χ2n) is 10.4. The van der Waals surface area contributed by atoms with Crippen LogP contribution in [0.4, 0.5) is 4.39 Å². The van der Waals surface area contributed by atoms with Gasteiger partial charge in [0.05, 0.1) is 13.2 Å². The second-order valence-corrected chi connectivity index (χ2v) is 10.4. The van der Waals surface area contributed by atoms with Crippen LogP contribution >= 0.6 is 0 Å². The number of carbonyl (C=O) groups is 2. The molecule has 0 radical (unpaired) electrons. The van der Waals surface area contributed by atoms with Crippen molar-refractivity contribution in [2.75, 3.05) is 20.2 Å². The number of amides is 1. The molecule has 37 heavy (non-hydrogen) atoms. The number of halogens is 1. The number of aromatic nitrogens is 1. The van der Waals surface area contributed by atoms with Crippen molar-refractivity contribution in [3.05, 3.63) is 53.0 Å². The molecule has 1 aromatic carbocycles. The smallest absolute Gasteiger partial charge is 0.305 e. The Morgan fingerprint density at radius 3 is 2.78 bits per heavy atom. The first kappa shape index (κ1) is 27.3. The first-order valence-electron chi connectivity index (χ1n) is 13.8. The lowest BCUT2D eigenvalue weighted by Gasteiger charge is -2.23. The zero-order chi connectivity index (χ0) is 26.0. The summed E-state index contributed by atoms with van der Waals surface area (Å²) in [5.74, 6) is 0.596. The third kappa shape index (κ3) is 7.87. The van der Waals surface area contributed by atoms with Crippen molar-refractivity contribution in [3.8, 4) is 0 Å². The molecule has 2 fully saturated rings. The Labute approximate surface area is 219 Å². The predicted molar refractivity (Wildman–Crippen MR) is 138 cm³/mol. The summed E-state index contributed by atoms with van der Waals surface area (Å²) in [6, 6.07) is 4.62. The van der Waals surface area contributed by atoms with Crippen molar-refractivity contribution >= 4 is 11.9 Å². The van der Waals surface area contributed by atoms with E-state index >= 15 is 0 Å². The van der Waals surface area contributed by atoms with E-state index in [0.717, 1.165) is 49.3 Å². The Balaban J connectivity index is 1.29. The Hall–Kier alpha value is -2.74. The number of carbonyl (C=O) groups excluding carboxylic acids is 2. The average Bonchev–Trinajstić information content (AvgIpc) is 3.58. The molecule has 8 heteroatoms. The van der Waals surface area contributed by atoms with Gasteiger partial charge in [-0.25, -0.2) is 9.37 Å². The van der Waals surface area contributed by atoms with E-state index in [0.29, 0.717) is 31.1 Å². The maximum Gasteiger partial charge on any atom is 0.305 e. The van der Waals surface area contributed by atoms with Crippen molar-refractivity contribution in [2.24, 2.45) is 5.92 Å². The summed E-state index contributed by atoms with van der Waals surface area (Å²) in [5, 5.41) is 2.98. The van der Waals surface area contributed by atoms with Crippen molar-refractivity contribution in [1.82, 2.24) is 15.2 Å². The number of likely N-dealkylation sites (tertiary alicyclic amines) is 1. The minimum absolute atomic E-state index is 0.0752. The molecular formula is C29H40FN3O4. The predicted octanol–water partition coefficient (Wildman–Crippen LogP) is 5.74. The van der Waals surface area contributed by atoms with Crippen LogP contribution in [0, 0.1) is 11.7 Å². The van der Waals surface area contributed by atoms with E-state index < -0.39 is 0 Å². The van der Waals surface area contributed by atoms with Crippen molar-refractivity contribution < 1.29 is 23.1 Å². The molecule has 0 bridgehead atoms. The van der Waals surface area contributed by atoms with E-state index in [-0.39, 0.29) is 30.2 Å². The Morgan fingerprint density at radius 1 is 1.14 bits per heavy atom. The monoisotopic (exact) mass is 513 g/mol. The maximum absolute atomic E-state index is 14.1. The SMILES string of the molecule is COC(=O)CCc1ccc(F)cc1CN1CCCC1c1nc(C(=O)NCCCCC2CCCCC2)co1. The quantitative estimate of drug-likeness (QED) is 0.288. The number of unbranched alkanes of at least 4 members (excludes halogenated alkanes) is 1. The van der Waals surface area contributed by atoms with E-state index in [1.165, 1.54) is 64.0 Å². The van der Waals surface area contributed by atoms with Crippen LogP contribution in [0.5, 0.6) is 0 Å². The highest BCUT2D eigenvalue weighted by atomic mass is 19.1. The number of methoxy groups -OCH3 is 1. The van der Waals surface area contributed by atoms with Crippen LogP contribution in [0.25, 0.3) is 0 Å². The summed E-state index contributed by atoms with van der Waals surface area (Å²) in [6.45, 7) is 1.99. The van der Waals surface area contributed by atoms with E-state index in [4.69, 9.17) is 9.15 Å². The fourth-order valence-corrected chi connectivity index (χ4v) is 5.71. The third-order valence-corrected chi connectivity index (χ3v) is 7.82. The molecule has 1 unspecified atom stereocenters. The number of nitrogens with one attached hydrogen (secondary N) is 1. The molecule has 202 valence electrons. The van der Waals surface area contributed by atoms with Gasteiger partial charge in [-0.2, -0.15) is 0 Å². The van der Waals surface area contributed by atoms with Crippen LogP contribution in [0.1, 0.15) is 104 Å². The van der Waals surface area contributed by atoms with Gasteiger partial charge in [0.25, 0.3) is 5.91 Å². The fraction of sp³-hybridized carbons (Fsp3) is 0.621. The van der Waals surface area contributed by atoms with Crippen LogP contribution < -0.4 is 5.32 Å². The minimum atomic E-state index is -0.304. The normalized spacial score (nSPS) is 18.7. The van der Waals surface area contributed by atoms with Gasteiger partial charge < -0.3 is 14.5 Å². The Kier molecular flexibility index (Phi) is 10.1. The molecule has 0 spiro atoms. The van der Waals surface area contributed by atoms with Crippen LogP contribution in [0.3, 0.4) is 0 Å². The number of hydrogen-bond acceptors (Lipinski definition) is 6. The highest BCUT2D eigenvalue weighted by molar-refractivity contribution is 5.91. The summed E-state index contributed by atoms with van der Waals surface area (Å²) in [5.41, 5.74) is 2.07. The van der Waals surface area contributed by atoms with Gasteiger partial charge in [0.1, 0.15) is 12.1 Å². The molecule has 2 aromatic rings. The molecule has 1 saturated carbocycles. The van der Waals surface area contributed by atoms with Crippen molar-refractivity contribution in [2.45, 2.75) is 89.6 Å². The molecule has 1 atom stereocenters. The second kappa shape index (κ2) is 13.7. The summed E-state index contributed by atoms with van der Waals surface area (Å²) in [6.07, 6.45) is 14.2. The topological polar surface area (TPSA) is 84.7 Å². The summed E-state index contributed by atoms with van der Waals surface area (Å²) < 4.78 is 24.6. The first-order chi connectivity index (χ1) is 18.0. The molecule has 2 aliphatic rings. The Bertz CT molecular complexity index is 1030. The molecule has 4 rings (SSSR count). The number of nitrogens with zero attached hydrogens (tertiary/aromatic N) is 2. The number of aryl methyl sites for hydroxylation is 1. The minimum Gasteiger partial charge on any atom is -0.469 e. The molecule has 7 nitrogen and oxygen atoms in total. The summed E-state index contributed by atoms with van der Waals surface area (Å²) in [4.78, 5) is 30.9. The summed E-state index contributed by atoms with van der Waals surface area (Å²) in [7, 11) is 1.37. The summed E-state index contributed by atoms with van der Waals surface area (Å²) >= 11 is 0. The van der Waals surface area contributed by atoms with E-state index in [2.05, 4.69) is 15.2 Å². The van der Waals surface area contributed by atoms with E-state index in [1.54, 1.807) is 6.07 Å². The molecule has 1 aliphatic heterocycles. The van der Waals surface area contributed by atoms with Gasteiger partial charge in [-0.3, -0.25) is 14.5 Å². The number of oxazole rings is 1. The average molecular weight is 514 g/mol. The highest BCUT2D eigenvalue weighted by Crippen LogP contribution is 2.33.